The summed E-state index contributed by atoms with van der Waals surface area (Å²) in [6.45, 7) is 1.78. The summed E-state index contributed by atoms with van der Waals surface area (Å²) >= 11 is 1.67. The highest BCUT2D eigenvalue weighted by Gasteiger charge is 2.17. The summed E-state index contributed by atoms with van der Waals surface area (Å²) in [4.78, 5) is 16.3. The molecule has 17 heavy (non-hydrogen) atoms. The molecule has 1 amide bonds. The molecule has 0 radical (unpaired) electrons. The minimum absolute atomic E-state index is 0.100. The van der Waals surface area contributed by atoms with Gasteiger partial charge in [-0.05, 0) is 58.0 Å². The highest BCUT2D eigenvalue weighted by molar-refractivity contribution is 7.14. The van der Waals surface area contributed by atoms with Crippen LogP contribution in [0.25, 0.3) is 0 Å². The Balaban J connectivity index is 1.79. The average Bonchev–Trinajstić information content (AvgIpc) is 2.83. The van der Waals surface area contributed by atoms with Crippen LogP contribution in [-0.2, 0) is 12.8 Å². The maximum Gasteiger partial charge on any atom is 0.261 e. The van der Waals surface area contributed by atoms with E-state index in [1.54, 1.807) is 11.3 Å². The monoisotopic (exact) mass is 252 g/mol. The molecule has 4 heteroatoms. The van der Waals surface area contributed by atoms with Crippen molar-refractivity contribution in [2.24, 2.45) is 0 Å². The number of aryl methyl sites for hydroxylation is 2. The molecular weight excluding hydrogens is 232 g/mol. The van der Waals surface area contributed by atoms with Crippen LogP contribution in [-0.4, -0.2) is 38.0 Å². The van der Waals surface area contributed by atoms with E-state index in [9.17, 15) is 4.79 Å². The van der Waals surface area contributed by atoms with Crippen molar-refractivity contribution < 1.29 is 4.79 Å². The number of carbonyl (C=O) groups excluding carboxylic acids is 1. The first-order chi connectivity index (χ1) is 8.16. The average molecular weight is 252 g/mol. The van der Waals surface area contributed by atoms with Crippen molar-refractivity contribution in [1.82, 2.24) is 10.2 Å². The summed E-state index contributed by atoms with van der Waals surface area (Å²) in [6.07, 6.45) is 4.57. The van der Waals surface area contributed by atoms with Gasteiger partial charge < -0.3 is 10.2 Å². The molecule has 0 saturated carbocycles. The van der Waals surface area contributed by atoms with Gasteiger partial charge in [0.15, 0.2) is 0 Å². The van der Waals surface area contributed by atoms with Crippen LogP contribution in [0.4, 0.5) is 0 Å². The van der Waals surface area contributed by atoms with Crippen LogP contribution in [0.1, 0.15) is 33.0 Å². The third-order valence-electron chi connectivity index (χ3n) is 3.04. The minimum atomic E-state index is 0.100. The molecular formula is C13H20N2OS. The predicted molar refractivity (Wildman–Crippen MR) is 71.8 cm³/mol. The molecule has 2 rings (SSSR count). The zero-order valence-corrected chi connectivity index (χ0v) is 11.4. The maximum atomic E-state index is 11.9. The van der Waals surface area contributed by atoms with E-state index in [2.05, 4.69) is 16.3 Å². The first kappa shape index (κ1) is 12.6. The summed E-state index contributed by atoms with van der Waals surface area (Å²) in [5.74, 6) is 0.100. The second-order valence-corrected chi connectivity index (χ2v) is 5.96. The number of amides is 1. The topological polar surface area (TPSA) is 32.3 Å². The fourth-order valence-corrected chi connectivity index (χ4v) is 3.30. The summed E-state index contributed by atoms with van der Waals surface area (Å²) in [5.41, 5.74) is 1.40. The van der Waals surface area contributed by atoms with Gasteiger partial charge in [0.1, 0.15) is 0 Å². The van der Waals surface area contributed by atoms with E-state index >= 15 is 0 Å². The normalized spacial score (nSPS) is 14.1. The van der Waals surface area contributed by atoms with Crippen LogP contribution in [0.3, 0.4) is 0 Å². The molecule has 1 aliphatic carbocycles. The molecule has 0 fully saturated rings. The van der Waals surface area contributed by atoms with Gasteiger partial charge >= 0.3 is 0 Å². The highest BCUT2D eigenvalue weighted by Crippen LogP contribution is 2.30. The van der Waals surface area contributed by atoms with E-state index < -0.39 is 0 Å². The van der Waals surface area contributed by atoms with E-state index in [4.69, 9.17) is 0 Å². The predicted octanol–water partition coefficient (Wildman–Crippen LogP) is 1.92. The molecule has 0 spiro atoms. The molecule has 0 aromatic carbocycles. The molecule has 0 unspecified atom stereocenters. The Bertz CT molecular complexity index is 377. The summed E-state index contributed by atoms with van der Waals surface area (Å²) in [7, 11) is 4.09. The van der Waals surface area contributed by atoms with Crippen molar-refractivity contribution in [2.45, 2.75) is 25.7 Å². The number of nitrogens with zero attached hydrogens (tertiary/aromatic N) is 1. The van der Waals surface area contributed by atoms with Gasteiger partial charge in [0.2, 0.25) is 0 Å². The maximum absolute atomic E-state index is 11.9. The number of fused-ring (bicyclic) bond motifs is 1. The van der Waals surface area contributed by atoms with E-state index in [0.29, 0.717) is 0 Å². The Hall–Kier alpha value is -0.870. The standard InChI is InChI=1S/C13H20N2OS/c1-15(2)8-4-7-14-13(16)12-9-10-5-3-6-11(10)17-12/h9H,3-8H2,1-2H3,(H,14,16). The number of thiophene rings is 1. The molecule has 1 heterocycles. The van der Waals surface area contributed by atoms with Crippen molar-refractivity contribution in [3.8, 4) is 0 Å². The third-order valence-corrected chi connectivity index (χ3v) is 4.27. The lowest BCUT2D eigenvalue weighted by Gasteiger charge is -2.09. The van der Waals surface area contributed by atoms with E-state index in [-0.39, 0.29) is 5.91 Å². The van der Waals surface area contributed by atoms with E-state index in [1.165, 1.54) is 16.9 Å². The molecule has 1 aromatic rings. The third kappa shape index (κ3) is 3.30. The quantitative estimate of drug-likeness (QED) is 0.812. The number of hydrogen-bond acceptors (Lipinski definition) is 3. The summed E-state index contributed by atoms with van der Waals surface area (Å²) in [5, 5.41) is 2.99. The van der Waals surface area contributed by atoms with Crippen molar-refractivity contribution in [1.29, 1.82) is 0 Å². The molecule has 0 atom stereocenters. The van der Waals surface area contributed by atoms with Gasteiger partial charge in [-0.2, -0.15) is 0 Å². The van der Waals surface area contributed by atoms with Gasteiger partial charge in [-0.15, -0.1) is 11.3 Å². The van der Waals surface area contributed by atoms with E-state index in [1.807, 2.05) is 14.1 Å². The van der Waals surface area contributed by atoms with Gasteiger partial charge in [-0.3, -0.25) is 4.79 Å². The SMILES string of the molecule is CN(C)CCCNC(=O)c1cc2c(s1)CCC2. The van der Waals surface area contributed by atoms with Crippen LogP contribution < -0.4 is 5.32 Å². The first-order valence-corrected chi connectivity index (χ1v) is 7.03. The molecule has 1 aliphatic rings. The number of hydrogen-bond donors (Lipinski definition) is 1. The summed E-state index contributed by atoms with van der Waals surface area (Å²) in [6, 6.07) is 2.08. The molecule has 3 nitrogen and oxygen atoms in total. The second kappa shape index (κ2) is 5.65. The Morgan fingerprint density at radius 2 is 2.29 bits per heavy atom. The zero-order valence-electron chi connectivity index (χ0n) is 10.6. The lowest BCUT2D eigenvalue weighted by molar-refractivity contribution is 0.0956. The molecule has 0 bridgehead atoms. The van der Waals surface area contributed by atoms with Crippen LogP contribution in [0.2, 0.25) is 0 Å². The van der Waals surface area contributed by atoms with Gasteiger partial charge in [0.05, 0.1) is 4.88 Å². The van der Waals surface area contributed by atoms with Crippen molar-refractivity contribution in [3.63, 3.8) is 0 Å². The minimum Gasteiger partial charge on any atom is -0.351 e. The number of rotatable bonds is 5. The molecule has 1 N–H and O–H groups in total. The molecule has 94 valence electrons. The lowest BCUT2D eigenvalue weighted by Crippen LogP contribution is -2.26. The van der Waals surface area contributed by atoms with Crippen molar-refractivity contribution >= 4 is 17.2 Å². The zero-order chi connectivity index (χ0) is 12.3. The van der Waals surface area contributed by atoms with Gasteiger partial charge in [-0.25, -0.2) is 0 Å². The highest BCUT2D eigenvalue weighted by atomic mass is 32.1. The lowest BCUT2D eigenvalue weighted by atomic mass is 10.2. The number of nitrogens with one attached hydrogen (secondary N) is 1. The fourth-order valence-electron chi connectivity index (χ4n) is 2.13. The largest absolute Gasteiger partial charge is 0.351 e. The van der Waals surface area contributed by atoms with Crippen LogP contribution in [0.5, 0.6) is 0 Å². The number of carbonyl (C=O) groups is 1. The molecule has 1 aromatic heterocycles. The van der Waals surface area contributed by atoms with E-state index in [0.717, 1.165) is 37.2 Å². The van der Waals surface area contributed by atoms with Crippen LogP contribution >= 0.6 is 11.3 Å². The first-order valence-electron chi connectivity index (χ1n) is 6.21. The summed E-state index contributed by atoms with van der Waals surface area (Å²) < 4.78 is 0. The Kier molecular flexibility index (Phi) is 4.18. The van der Waals surface area contributed by atoms with Gasteiger partial charge in [0.25, 0.3) is 5.91 Å². The van der Waals surface area contributed by atoms with Crippen LogP contribution in [0.15, 0.2) is 6.07 Å². The molecule has 0 aliphatic heterocycles. The van der Waals surface area contributed by atoms with Crippen LogP contribution in [0, 0.1) is 0 Å². The van der Waals surface area contributed by atoms with Crippen molar-refractivity contribution in [2.75, 3.05) is 27.2 Å². The fraction of sp³-hybridized carbons (Fsp3) is 0.615. The Morgan fingerprint density at radius 1 is 1.47 bits per heavy atom. The van der Waals surface area contributed by atoms with Crippen molar-refractivity contribution in [3.05, 3.63) is 21.4 Å². The molecule has 0 saturated heterocycles. The second-order valence-electron chi connectivity index (χ2n) is 4.83. The smallest absolute Gasteiger partial charge is 0.261 e. The Morgan fingerprint density at radius 3 is 3.00 bits per heavy atom. The Labute approximate surface area is 107 Å². The van der Waals surface area contributed by atoms with Gasteiger partial charge in [-0.1, -0.05) is 0 Å². The van der Waals surface area contributed by atoms with Gasteiger partial charge in [0, 0.05) is 11.4 Å².